The summed E-state index contributed by atoms with van der Waals surface area (Å²) < 4.78 is 16.2. The highest BCUT2D eigenvalue weighted by Crippen LogP contribution is 2.15. The number of hydrogen-bond acceptors (Lipinski definition) is 5. The van der Waals surface area contributed by atoms with Crippen LogP contribution in [0.3, 0.4) is 0 Å². The number of rotatable bonds is 3. The minimum atomic E-state index is -0.574. The molecule has 0 N–H and O–H groups in total. The molecule has 4 aromatic rings. The van der Waals surface area contributed by atoms with Gasteiger partial charge in [-0.05, 0) is 18.2 Å². The lowest BCUT2D eigenvalue weighted by molar-refractivity contribution is 0.582. The molecule has 0 saturated carbocycles. The van der Waals surface area contributed by atoms with Crippen LogP contribution in [0.4, 0.5) is 4.39 Å². The van der Waals surface area contributed by atoms with Crippen molar-refractivity contribution in [2.75, 3.05) is 0 Å². The van der Waals surface area contributed by atoms with Crippen LogP contribution < -0.4 is 11.2 Å². The van der Waals surface area contributed by atoms with Gasteiger partial charge in [-0.15, -0.1) is 0 Å². The second-order valence-electron chi connectivity index (χ2n) is 5.99. The monoisotopic (exact) mass is 363 g/mol. The van der Waals surface area contributed by atoms with Crippen LogP contribution in [0.25, 0.3) is 22.4 Å². The first kappa shape index (κ1) is 16.8. The summed E-state index contributed by atoms with van der Waals surface area (Å²) in [5.74, 6) is -0.0954. The number of pyridine rings is 1. The van der Waals surface area contributed by atoms with E-state index in [2.05, 4.69) is 15.0 Å². The fourth-order valence-corrected chi connectivity index (χ4v) is 2.86. The molecule has 8 heteroatoms. The molecular formula is C19H14FN5O2. The van der Waals surface area contributed by atoms with E-state index in [1.54, 1.807) is 36.7 Å². The maximum atomic E-state index is 13.9. The van der Waals surface area contributed by atoms with Crippen LogP contribution in [0, 0.1) is 5.82 Å². The number of halogens is 1. The standard InChI is InChI=1S/C19H14FN5O2/c1-24-17-14(10-22-16(23-17)12-6-8-21-9-7-12)18(26)25(19(24)27)11-13-4-2-3-5-15(13)20/h2-10H,11H2,1H3. The highest BCUT2D eigenvalue weighted by molar-refractivity contribution is 5.75. The van der Waals surface area contributed by atoms with Crippen LogP contribution >= 0.6 is 0 Å². The molecular weight excluding hydrogens is 349 g/mol. The van der Waals surface area contributed by atoms with Crippen molar-refractivity contribution in [1.82, 2.24) is 24.1 Å². The van der Waals surface area contributed by atoms with E-state index in [1.807, 2.05) is 0 Å². The molecule has 0 bridgehead atoms. The first-order valence-electron chi connectivity index (χ1n) is 8.16. The van der Waals surface area contributed by atoms with Gasteiger partial charge < -0.3 is 0 Å². The Kier molecular flexibility index (Phi) is 4.08. The van der Waals surface area contributed by atoms with E-state index < -0.39 is 17.1 Å². The predicted molar refractivity (Wildman–Crippen MR) is 97.8 cm³/mol. The molecule has 0 atom stereocenters. The Hall–Kier alpha value is -3.68. The highest BCUT2D eigenvalue weighted by atomic mass is 19.1. The molecule has 1 aromatic carbocycles. The number of aromatic nitrogens is 5. The first-order valence-corrected chi connectivity index (χ1v) is 8.16. The summed E-state index contributed by atoms with van der Waals surface area (Å²) in [6, 6.07) is 9.50. The van der Waals surface area contributed by atoms with E-state index in [1.165, 1.54) is 29.9 Å². The maximum absolute atomic E-state index is 13.9. The second kappa shape index (κ2) is 6.56. The molecule has 0 aliphatic rings. The largest absolute Gasteiger partial charge is 0.332 e. The smallest absolute Gasteiger partial charge is 0.280 e. The SMILES string of the molecule is Cn1c(=O)n(Cc2ccccc2F)c(=O)c2cnc(-c3ccncc3)nc21. The van der Waals surface area contributed by atoms with Gasteiger partial charge >= 0.3 is 5.69 Å². The summed E-state index contributed by atoms with van der Waals surface area (Å²) in [5.41, 5.74) is 0.0598. The molecule has 0 radical (unpaired) electrons. The van der Waals surface area contributed by atoms with Crippen LogP contribution in [-0.2, 0) is 13.6 Å². The Balaban J connectivity index is 1.90. The Morgan fingerprint density at radius 2 is 1.81 bits per heavy atom. The van der Waals surface area contributed by atoms with Crippen molar-refractivity contribution in [3.63, 3.8) is 0 Å². The molecule has 7 nitrogen and oxygen atoms in total. The lowest BCUT2D eigenvalue weighted by Gasteiger charge is -2.11. The minimum Gasteiger partial charge on any atom is -0.280 e. The van der Waals surface area contributed by atoms with Gasteiger partial charge in [0.15, 0.2) is 11.5 Å². The van der Waals surface area contributed by atoms with Gasteiger partial charge in [0.1, 0.15) is 11.2 Å². The Morgan fingerprint density at radius 3 is 2.56 bits per heavy atom. The third-order valence-corrected chi connectivity index (χ3v) is 4.30. The third kappa shape index (κ3) is 2.91. The van der Waals surface area contributed by atoms with Crippen molar-refractivity contribution in [3.05, 3.63) is 87.2 Å². The van der Waals surface area contributed by atoms with E-state index >= 15 is 0 Å². The lowest BCUT2D eigenvalue weighted by Crippen LogP contribution is -2.40. The van der Waals surface area contributed by atoms with Crippen LogP contribution in [0.1, 0.15) is 5.56 Å². The number of aryl methyl sites for hydroxylation is 1. The lowest BCUT2D eigenvalue weighted by atomic mass is 10.2. The van der Waals surface area contributed by atoms with Crippen LogP contribution in [0.2, 0.25) is 0 Å². The van der Waals surface area contributed by atoms with E-state index in [0.29, 0.717) is 5.82 Å². The molecule has 3 aromatic heterocycles. The maximum Gasteiger partial charge on any atom is 0.332 e. The molecule has 27 heavy (non-hydrogen) atoms. The zero-order valence-corrected chi connectivity index (χ0v) is 14.3. The zero-order chi connectivity index (χ0) is 19.0. The molecule has 3 heterocycles. The second-order valence-corrected chi connectivity index (χ2v) is 5.99. The average molecular weight is 363 g/mol. The summed E-state index contributed by atoms with van der Waals surface area (Å²) >= 11 is 0. The van der Waals surface area contributed by atoms with Crippen LogP contribution in [0.5, 0.6) is 0 Å². The number of hydrogen-bond donors (Lipinski definition) is 0. The first-order chi connectivity index (χ1) is 13.1. The minimum absolute atomic E-state index is 0.166. The van der Waals surface area contributed by atoms with Crippen molar-refractivity contribution in [1.29, 1.82) is 0 Å². The van der Waals surface area contributed by atoms with E-state index in [4.69, 9.17) is 0 Å². The van der Waals surface area contributed by atoms with Crippen molar-refractivity contribution < 1.29 is 4.39 Å². The van der Waals surface area contributed by atoms with Gasteiger partial charge in [0.2, 0.25) is 0 Å². The van der Waals surface area contributed by atoms with Gasteiger partial charge in [0, 0.05) is 36.8 Å². The number of benzene rings is 1. The number of fused-ring (bicyclic) bond motifs is 1. The van der Waals surface area contributed by atoms with Crippen molar-refractivity contribution in [3.8, 4) is 11.4 Å². The van der Waals surface area contributed by atoms with Crippen molar-refractivity contribution in [2.24, 2.45) is 7.05 Å². The van der Waals surface area contributed by atoms with E-state index in [0.717, 1.165) is 10.1 Å². The zero-order valence-electron chi connectivity index (χ0n) is 14.3. The molecule has 0 aliphatic carbocycles. The Bertz CT molecular complexity index is 1260. The van der Waals surface area contributed by atoms with Crippen LogP contribution in [0.15, 0.2) is 64.6 Å². The van der Waals surface area contributed by atoms with Gasteiger partial charge in [-0.2, -0.15) is 0 Å². The average Bonchev–Trinajstić information content (AvgIpc) is 2.71. The molecule has 0 spiro atoms. The van der Waals surface area contributed by atoms with E-state index in [-0.39, 0.29) is 23.1 Å². The highest BCUT2D eigenvalue weighted by Gasteiger charge is 2.15. The summed E-state index contributed by atoms with van der Waals surface area (Å²) in [6.45, 7) is -0.166. The summed E-state index contributed by atoms with van der Waals surface area (Å²) in [6.07, 6.45) is 4.60. The van der Waals surface area contributed by atoms with Crippen molar-refractivity contribution >= 4 is 11.0 Å². The van der Waals surface area contributed by atoms with Gasteiger partial charge in [-0.3, -0.25) is 18.9 Å². The molecule has 0 unspecified atom stereocenters. The van der Waals surface area contributed by atoms with Crippen molar-refractivity contribution in [2.45, 2.75) is 6.54 Å². The molecule has 0 aliphatic heterocycles. The molecule has 0 saturated heterocycles. The van der Waals surface area contributed by atoms with Gasteiger partial charge in [-0.1, -0.05) is 18.2 Å². The summed E-state index contributed by atoms with van der Waals surface area (Å²) in [5, 5.41) is 0.186. The Labute approximate surface area is 152 Å². The fourth-order valence-electron chi connectivity index (χ4n) is 2.86. The summed E-state index contributed by atoms with van der Waals surface area (Å²) in [7, 11) is 1.52. The van der Waals surface area contributed by atoms with E-state index in [9.17, 15) is 14.0 Å². The predicted octanol–water partition coefficient (Wildman–Crippen LogP) is 1.74. The Morgan fingerprint density at radius 1 is 1.07 bits per heavy atom. The number of nitrogens with zero attached hydrogens (tertiary/aromatic N) is 5. The van der Waals surface area contributed by atoms with Crippen LogP contribution in [-0.4, -0.2) is 24.1 Å². The normalized spacial score (nSPS) is 11.0. The molecule has 0 amide bonds. The van der Waals surface area contributed by atoms with Gasteiger partial charge in [0.05, 0.1) is 6.54 Å². The fraction of sp³-hybridized carbons (Fsp3) is 0.105. The third-order valence-electron chi connectivity index (χ3n) is 4.30. The van der Waals surface area contributed by atoms with Gasteiger partial charge in [-0.25, -0.2) is 19.2 Å². The molecule has 0 fully saturated rings. The summed E-state index contributed by atoms with van der Waals surface area (Å²) in [4.78, 5) is 38.0. The quantitative estimate of drug-likeness (QED) is 0.554. The molecule has 134 valence electrons. The topological polar surface area (TPSA) is 82.7 Å². The van der Waals surface area contributed by atoms with Gasteiger partial charge in [0.25, 0.3) is 5.56 Å². The molecule has 4 rings (SSSR count).